The van der Waals surface area contributed by atoms with Crippen LogP contribution in [0.15, 0.2) is 66.0 Å². The Morgan fingerprint density at radius 1 is 1.05 bits per heavy atom. The summed E-state index contributed by atoms with van der Waals surface area (Å²) in [6, 6.07) is 15.1. The highest BCUT2D eigenvalue weighted by molar-refractivity contribution is 7.89. The molecule has 0 bridgehead atoms. The van der Waals surface area contributed by atoms with Crippen LogP contribution >= 0.6 is 11.3 Å². The van der Waals surface area contributed by atoms with E-state index in [4.69, 9.17) is 4.74 Å². The van der Waals surface area contributed by atoms with Gasteiger partial charge >= 0.3 is 5.97 Å². The smallest absolute Gasteiger partial charge is 0.328 e. The summed E-state index contributed by atoms with van der Waals surface area (Å²) in [5, 5.41) is 14.3. The highest BCUT2D eigenvalue weighted by Crippen LogP contribution is 2.29. The summed E-state index contributed by atoms with van der Waals surface area (Å²) in [6.07, 6.45) is 0.918. The monoisotopic (exact) mass is 553 g/mol. The maximum atomic E-state index is 13.2. The number of phenols is 1. The fraction of sp³-hybridized carbons (Fsp3) is 0.154. The molecule has 0 radical (unpaired) electrons. The van der Waals surface area contributed by atoms with E-state index in [1.54, 1.807) is 30.3 Å². The van der Waals surface area contributed by atoms with Gasteiger partial charge in [-0.15, -0.1) is 11.3 Å². The molecule has 0 fully saturated rings. The minimum atomic E-state index is -3.90. The van der Waals surface area contributed by atoms with Crippen LogP contribution in [0.2, 0.25) is 0 Å². The molecule has 12 heteroatoms. The predicted octanol–water partition coefficient (Wildman–Crippen LogP) is 2.87. The van der Waals surface area contributed by atoms with E-state index in [1.807, 2.05) is 22.2 Å². The van der Waals surface area contributed by atoms with Crippen molar-refractivity contribution in [3.63, 3.8) is 0 Å². The number of phenolic OH excluding ortho intramolecular Hbond substituents is 1. The molecule has 0 aliphatic heterocycles. The van der Waals surface area contributed by atoms with E-state index in [-0.39, 0.29) is 28.9 Å². The van der Waals surface area contributed by atoms with Crippen molar-refractivity contribution in [3.8, 4) is 16.2 Å². The number of thiophene rings is 1. The molecule has 0 unspecified atom stereocenters. The fourth-order valence-corrected chi connectivity index (χ4v) is 4.96. The molecule has 2 amide bonds. The molecule has 3 N–H and O–H groups in total. The summed E-state index contributed by atoms with van der Waals surface area (Å²) < 4.78 is 30.3. The highest BCUT2D eigenvalue weighted by Gasteiger charge is 2.25. The number of rotatable bonds is 8. The maximum absolute atomic E-state index is 13.2. The maximum Gasteiger partial charge on any atom is 0.328 e. The van der Waals surface area contributed by atoms with Crippen molar-refractivity contribution in [2.24, 2.45) is 0 Å². The van der Waals surface area contributed by atoms with Crippen LogP contribution in [0.5, 0.6) is 5.75 Å². The van der Waals surface area contributed by atoms with Crippen molar-refractivity contribution in [1.82, 2.24) is 15.0 Å². The van der Waals surface area contributed by atoms with Gasteiger partial charge in [0, 0.05) is 16.7 Å². The van der Waals surface area contributed by atoms with Gasteiger partial charge in [-0.05, 0) is 52.9 Å². The predicted molar refractivity (Wildman–Crippen MR) is 142 cm³/mol. The van der Waals surface area contributed by atoms with Crippen molar-refractivity contribution in [2.75, 3.05) is 13.4 Å². The first-order valence-electron chi connectivity index (χ1n) is 11.2. The molecule has 2 heterocycles. The second-order valence-corrected chi connectivity index (χ2v) is 11.1. The number of nitrogens with one attached hydrogen (secondary N) is 2. The number of fused-ring (bicyclic) bond motifs is 1. The van der Waals surface area contributed by atoms with Crippen LogP contribution in [0.25, 0.3) is 21.3 Å². The Balaban J connectivity index is 1.73. The molecule has 2 aromatic carbocycles. The zero-order valence-electron chi connectivity index (χ0n) is 20.3. The molecule has 0 spiro atoms. The summed E-state index contributed by atoms with van der Waals surface area (Å²) in [5.74, 6) is -2.35. The molecule has 4 aromatic rings. The van der Waals surface area contributed by atoms with Crippen LogP contribution in [0.3, 0.4) is 0 Å². The second kappa shape index (κ2) is 11.0. The lowest BCUT2D eigenvalue weighted by Crippen LogP contribution is -2.43. The summed E-state index contributed by atoms with van der Waals surface area (Å²) >= 11 is 1.49. The lowest BCUT2D eigenvalue weighted by molar-refractivity contribution is -0.142. The van der Waals surface area contributed by atoms with E-state index in [0.29, 0.717) is 10.9 Å². The summed E-state index contributed by atoms with van der Waals surface area (Å²) in [4.78, 5) is 43.9. The van der Waals surface area contributed by atoms with Crippen molar-refractivity contribution in [3.05, 3.63) is 82.9 Å². The Bertz CT molecular complexity index is 1620. The zero-order valence-corrected chi connectivity index (χ0v) is 21.9. The van der Waals surface area contributed by atoms with Gasteiger partial charge in [0.05, 0.1) is 24.4 Å². The summed E-state index contributed by atoms with van der Waals surface area (Å²) in [6.45, 7) is 0. The normalized spacial score (nSPS) is 12.1. The van der Waals surface area contributed by atoms with Gasteiger partial charge in [-0.2, -0.15) is 0 Å². The van der Waals surface area contributed by atoms with E-state index in [1.165, 1.54) is 36.6 Å². The molecule has 10 nitrogen and oxygen atoms in total. The SMILES string of the molecule is COC(=O)[C@H](Cc1ccc(O)cc1)NC(=O)c1cc(C(=O)NS(C)(=O)=O)c2cc(-c3cccs3)ccc2n1. The lowest BCUT2D eigenvalue weighted by atomic mass is 10.0. The van der Waals surface area contributed by atoms with Gasteiger partial charge in [0.2, 0.25) is 10.0 Å². The minimum absolute atomic E-state index is 0.0508. The molecule has 0 aliphatic carbocycles. The lowest BCUT2D eigenvalue weighted by Gasteiger charge is -2.17. The van der Waals surface area contributed by atoms with Crippen LogP contribution in [-0.4, -0.2) is 55.7 Å². The molecular formula is C26H23N3O7S2. The van der Waals surface area contributed by atoms with Crippen LogP contribution in [0, 0.1) is 0 Å². The molecule has 1 atom stereocenters. The summed E-state index contributed by atoms with van der Waals surface area (Å²) in [5.41, 5.74) is 1.46. The number of methoxy groups -OCH3 is 1. The largest absolute Gasteiger partial charge is 0.508 e. The van der Waals surface area contributed by atoms with Gasteiger partial charge in [-0.25, -0.2) is 22.9 Å². The highest BCUT2D eigenvalue weighted by atomic mass is 32.2. The molecular weight excluding hydrogens is 530 g/mol. The fourth-order valence-electron chi connectivity index (χ4n) is 3.78. The quantitative estimate of drug-likeness (QED) is 0.282. The third-order valence-electron chi connectivity index (χ3n) is 5.54. The summed E-state index contributed by atoms with van der Waals surface area (Å²) in [7, 11) is -2.71. The number of benzene rings is 2. The van der Waals surface area contributed by atoms with Gasteiger partial charge < -0.3 is 15.2 Å². The van der Waals surface area contributed by atoms with Gasteiger partial charge in [0.25, 0.3) is 11.8 Å². The number of nitrogens with zero attached hydrogens (tertiary/aromatic N) is 1. The van der Waals surface area contributed by atoms with Gasteiger partial charge in [-0.1, -0.05) is 24.3 Å². The number of aromatic nitrogens is 1. The van der Waals surface area contributed by atoms with E-state index in [0.717, 1.165) is 16.7 Å². The van der Waals surface area contributed by atoms with E-state index < -0.39 is 33.8 Å². The van der Waals surface area contributed by atoms with Crippen molar-refractivity contribution < 1.29 is 32.6 Å². The van der Waals surface area contributed by atoms with Crippen molar-refractivity contribution in [1.29, 1.82) is 0 Å². The number of hydrogen-bond acceptors (Lipinski definition) is 9. The van der Waals surface area contributed by atoms with Gasteiger partial charge in [-0.3, -0.25) is 9.59 Å². The zero-order chi connectivity index (χ0) is 27.4. The number of pyridine rings is 1. The molecule has 2 aromatic heterocycles. The second-order valence-electron chi connectivity index (χ2n) is 8.39. The number of sulfonamides is 1. The van der Waals surface area contributed by atoms with E-state index in [9.17, 15) is 27.9 Å². The molecule has 196 valence electrons. The topological polar surface area (TPSA) is 152 Å². The number of amides is 2. The Morgan fingerprint density at radius 2 is 1.79 bits per heavy atom. The number of ether oxygens (including phenoxy) is 1. The van der Waals surface area contributed by atoms with Crippen LogP contribution in [-0.2, 0) is 26.0 Å². The molecule has 0 saturated carbocycles. The number of hydrogen-bond donors (Lipinski definition) is 3. The van der Waals surface area contributed by atoms with E-state index >= 15 is 0 Å². The Morgan fingerprint density at radius 3 is 2.42 bits per heavy atom. The molecule has 0 saturated heterocycles. The molecule has 0 aliphatic rings. The van der Waals surface area contributed by atoms with Crippen LogP contribution in [0.4, 0.5) is 0 Å². The number of carbonyl (C=O) groups excluding carboxylic acids is 3. The van der Waals surface area contributed by atoms with Crippen molar-refractivity contribution in [2.45, 2.75) is 12.5 Å². The van der Waals surface area contributed by atoms with Crippen LogP contribution < -0.4 is 10.0 Å². The number of aromatic hydroxyl groups is 1. The standard InChI is InChI=1S/C26H23N3O7S2/c1-36-26(33)22(12-15-5-8-17(30)9-6-15)28-25(32)21-14-19(24(31)29-38(2,34)35)18-13-16(7-10-20(18)27-21)23-4-3-11-37-23/h3-11,13-14,22,30H,12H2,1-2H3,(H,28,32)(H,29,31)/t22-/m0/s1. The van der Waals surface area contributed by atoms with Gasteiger partial charge in [0.1, 0.15) is 17.5 Å². The Labute approximate surface area is 222 Å². The molecule has 4 rings (SSSR count). The number of carbonyl (C=O) groups is 3. The first kappa shape index (κ1) is 26.8. The van der Waals surface area contributed by atoms with E-state index in [2.05, 4.69) is 10.3 Å². The first-order valence-corrected chi connectivity index (χ1v) is 14.0. The Hall–Kier alpha value is -4.29. The number of esters is 1. The van der Waals surface area contributed by atoms with Gasteiger partial charge in [0.15, 0.2) is 0 Å². The van der Waals surface area contributed by atoms with Crippen molar-refractivity contribution >= 4 is 50.0 Å². The Kier molecular flexibility index (Phi) is 7.74. The third kappa shape index (κ3) is 6.33. The average Bonchev–Trinajstić information content (AvgIpc) is 3.42. The average molecular weight is 554 g/mol. The first-order chi connectivity index (χ1) is 18.0. The minimum Gasteiger partial charge on any atom is -0.508 e. The third-order valence-corrected chi connectivity index (χ3v) is 7.01. The van der Waals surface area contributed by atoms with Crippen LogP contribution in [0.1, 0.15) is 26.4 Å². The molecule has 38 heavy (non-hydrogen) atoms.